The van der Waals surface area contributed by atoms with Crippen LogP contribution >= 0.6 is 11.6 Å². The Kier molecular flexibility index (Phi) is 3.62. The van der Waals surface area contributed by atoms with Crippen LogP contribution in [0.2, 0.25) is 5.02 Å². The quantitative estimate of drug-likeness (QED) is 0.601. The van der Waals surface area contributed by atoms with Crippen LogP contribution in [0.15, 0.2) is 42.5 Å². The van der Waals surface area contributed by atoms with Gasteiger partial charge >= 0.3 is 5.97 Å². The zero-order valence-electron chi connectivity index (χ0n) is 13.3. The number of esters is 1. The Labute approximate surface area is 147 Å². The van der Waals surface area contributed by atoms with Crippen LogP contribution in [0.5, 0.6) is 5.75 Å². The molecule has 4 rings (SSSR count). The fourth-order valence-electron chi connectivity index (χ4n) is 3.40. The van der Waals surface area contributed by atoms with E-state index in [4.69, 9.17) is 16.3 Å². The van der Waals surface area contributed by atoms with Crippen LogP contribution in [0.25, 0.3) is 10.9 Å². The largest absolute Gasteiger partial charge is 0.424 e. The highest BCUT2D eigenvalue weighted by atomic mass is 35.5. The number of hydrogen-bond acceptors (Lipinski definition) is 3. The van der Waals surface area contributed by atoms with E-state index in [1.165, 1.54) is 23.6 Å². The zero-order chi connectivity index (χ0) is 17.7. The molecule has 1 atom stereocenters. The maximum absolute atomic E-state index is 13.3. The van der Waals surface area contributed by atoms with E-state index in [-0.39, 0.29) is 24.1 Å². The van der Waals surface area contributed by atoms with E-state index in [1.54, 1.807) is 30.3 Å². The first kappa shape index (κ1) is 15.8. The van der Waals surface area contributed by atoms with E-state index in [2.05, 4.69) is 0 Å². The fourth-order valence-corrected chi connectivity index (χ4v) is 3.57. The number of fused-ring (bicyclic) bond motifs is 3. The third-order valence-corrected chi connectivity index (χ3v) is 4.66. The molecule has 0 radical (unpaired) electrons. The molecule has 2 heterocycles. The van der Waals surface area contributed by atoms with E-state index in [0.29, 0.717) is 27.4 Å². The summed E-state index contributed by atoms with van der Waals surface area (Å²) < 4.78 is 20.3. The summed E-state index contributed by atoms with van der Waals surface area (Å²) >= 11 is 6.08. The van der Waals surface area contributed by atoms with Crippen molar-refractivity contribution < 1.29 is 18.7 Å². The number of carbonyl (C=O) groups is 2. The van der Waals surface area contributed by atoms with Crippen molar-refractivity contribution in [3.05, 3.63) is 64.6 Å². The molecule has 0 saturated heterocycles. The normalized spacial score (nSPS) is 16.6. The minimum absolute atomic E-state index is 0.0793. The first-order chi connectivity index (χ1) is 12.0. The van der Waals surface area contributed by atoms with E-state index < -0.39 is 5.92 Å². The number of aromatic nitrogens is 1. The van der Waals surface area contributed by atoms with Crippen LogP contribution in [-0.2, 0) is 4.79 Å². The van der Waals surface area contributed by atoms with E-state index in [9.17, 15) is 14.0 Å². The van der Waals surface area contributed by atoms with Crippen LogP contribution < -0.4 is 4.74 Å². The summed E-state index contributed by atoms with van der Waals surface area (Å²) in [5.74, 6) is -0.987. The summed E-state index contributed by atoms with van der Waals surface area (Å²) in [5.41, 5.74) is 1.93. The van der Waals surface area contributed by atoms with Gasteiger partial charge in [-0.25, -0.2) is 4.39 Å². The minimum atomic E-state index is -0.396. The standard InChI is InChI=1S/C19H13ClFNO3/c1-10(23)22-16-8-12(20)4-7-14(16)19-18(22)15(9-17(24)25-19)11-2-5-13(21)6-3-11/h2-8,15H,9H2,1H3. The van der Waals surface area contributed by atoms with Gasteiger partial charge in [0.2, 0.25) is 5.91 Å². The Morgan fingerprint density at radius 2 is 1.96 bits per heavy atom. The summed E-state index contributed by atoms with van der Waals surface area (Å²) in [5, 5.41) is 1.13. The van der Waals surface area contributed by atoms with Crippen molar-refractivity contribution in [2.24, 2.45) is 0 Å². The van der Waals surface area contributed by atoms with Crippen molar-refractivity contribution in [2.45, 2.75) is 19.3 Å². The van der Waals surface area contributed by atoms with Crippen molar-refractivity contribution in [2.75, 3.05) is 0 Å². The van der Waals surface area contributed by atoms with Crippen molar-refractivity contribution in [1.29, 1.82) is 0 Å². The molecular formula is C19H13ClFNO3. The second kappa shape index (κ2) is 5.70. The molecule has 6 heteroatoms. The molecule has 1 unspecified atom stereocenters. The Balaban J connectivity index is 2.04. The zero-order valence-corrected chi connectivity index (χ0v) is 14.0. The molecule has 0 spiro atoms. The van der Waals surface area contributed by atoms with Gasteiger partial charge in [0.15, 0.2) is 5.75 Å². The highest BCUT2D eigenvalue weighted by Crippen LogP contribution is 2.45. The van der Waals surface area contributed by atoms with Gasteiger partial charge in [-0.1, -0.05) is 23.7 Å². The first-order valence-corrected chi connectivity index (χ1v) is 8.14. The second-order valence-electron chi connectivity index (χ2n) is 6.01. The highest BCUT2D eigenvalue weighted by Gasteiger charge is 2.35. The fraction of sp³-hybridized carbons (Fsp3) is 0.158. The molecule has 0 aliphatic carbocycles. The molecule has 0 amide bonds. The van der Waals surface area contributed by atoms with Gasteiger partial charge in [0.1, 0.15) is 5.82 Å². The van der Waals surface area contributed by atoms with Gasteiger partial charge < -0.3 is 4.74 Å². The molecule has 4 nitrogen and oxygen atoms in total. The molecule has 1 aliphatic rings. The Bertz CT molecular complexity index is 1020. The number of carbonyl (C=O) groups excluding carboxylic acids is 2. The average Bonchev–Trinajstić information content (AvgIpc) is 2.88. The summed E-state index contributed by atoms with van der Waals surface area (Å²) in [6, 6.07) is 11.0. The number of ether oxygens (including phenoxy) is 1. The SMILES string of the molecule is CC(=O)n1c2c(c3ccc(Cl)cc31)OC(=O)CC2c1ccc(F)cc1. The molecule has 0 saturated carbocycles. The van der Waals surface area contributed by atoms with Gasteiger partial charge in [-0.3, -0.25) is 14.2 Å². The molecular weight excluding hydrogens is 345 g/mol. The molecule has 25 heavy (non-hydrogen) atoms. The Morgan fingerprint density at radius 1 is 1.24 bits per heavy atom. The van der Waals surface area contributed by atoms with Crippen molar-refractivity contribution >= 4 is 34.4 Å². The summed E-state index contributed by atoms with van der Waals surface area (Å²) in [6.07, 6.45) is 0.0793. The summed E-state index contributed by atoms with van der Waals surface area (Å²) in [4.78, 5) is 24.5. The molecule has 126 valence electrons. The van der Waals surface area contributed by atoms with Crippen LogP contribution in [0.1, 0.15) is 35.3 Å². The Hall–Kier alpha value is -2.66. The van der Waals surface area contributed by atoms with Crippen LogP contribution in [0, 0.1) is 5.82 Å². The van der Waals surface area contributed by atoms with Crippen molar-refractivity contribution in [1.82, 2.24) is 4.57 Å². The second-order valence-corrected chi connectivity index (χ2v) is 6.45. The molecule has 0 bridgehead atoms. The molecule has 2 aromatic carbocycles. The van der Waals surface area contributed by atoms with Gasteiger partial charge in [0.25, 0.3) is 0 Å². The number of nitrogens with zero attached hydrogens (tertiary/aromatic N) is 1. The number of hydrogen-bond donors (Lipinski definition) is 0. The van der Waals surface area contributed by atoms with Crippen LogP contribution in [0.4, 0.5) is 4.39 Å². The van der Waals surface area contributed by atoms with Crippen LogP contribution in [-0.4, -0.2) is 16.4 Å². The van der Waals surface area contributed by atoms with E-state index in [0.717, 1.165) is 5.56 Å². The molecule has 1 aliphatic heterocycles. The smallest absolute Gasteiger partial charge is 0.312 e. The molecule has 3 aromatic rings. The van der Waals surface area contributed by atoms with Crippen LogP contribution in [0.3, 0.4) is 0 Å². The number of rotatable bonds is 1. The topological polar surface area (TPSA) is 48.3 Å². The number of halogens is 2. The molecule has 1 aromatic heterocycles. The first-order valence-electron chi connectivity index (χ1n) is 7.76. The van der Waals surface area contributed by atoms with E-state index >= 15 is 0 Å². The third kappa shape index (κ3) is 2.51. The van der Waals surface area contributed by atoms with Gasteiger partial charge in [0, 0.05) is 23.3 Å². The monoisotopic (exact) mass is 357 g/mol. The lowest BCUT2D eigenvalue weighted by atomic mass is 9.90. The maximum atomic E-state index is 13.3. The predicted molar refractivity (Wildman–Crippen MR) is 91.7 cm³/mol. The van der Waals surface area contributed by atoms with Gasteiger partial charge in [0.05, 0.1) is 17.6 Å². The van der Waals surface area contributed by atoms with Crippen molar-refractivity contribution in [3.63, 3.8) is 0 Å². The number of benzene rings is 2. The summed E-state index contributed by atoms with van der Waals surface area (Å²) in [7, 11) is 0. The van der Waals surface area contributed by atoms with Crippen molar-refractivity contribution in [3.8, 4) is 5.75 Å². The lowest BCUT2D eigenvalue weighted by molar-refractivity contribution is -0.135. The van der Waals surface area contributed by atoms with Gasteiger partial charge in [-0.05, 0) is 35.9 Å². The summed E-state index contributed by atoms with van der Waals surface area (Å²) in [6.45, 7) is 1.44. The maximum Gasteiger partial charge on any atom is 0.312 e. The predicted octanol–water partition coefficient (Wildman–Crippen LogP) is 4.53. The minimum Gasteiger partial charge on any atom is -0.424 e. The molecule has 0 N–H and O–H groups in total. The lowest BCUT2D eigenvalue weighted by Crippen LogP contribution is -2.24. The Morgan fingerprint density at radius 3 is 2.64 bits per heavy atom. The third-order valence-electron chi connectivity index (χ3n) is 4.42. The average molecular weight is 358 g/mol. The molecule has 0 fully saturated rings. The van der Waals surface area contributed by atoms with E-state index in [1.807, 2.05) is 0 Å². The van der Waals surface area contributed by atoms with Gasteiger partial charge in [-0.2, -0.15) is 0 Å². The van der Waals surface area contributed by atoms with Gasteiger partial charge in [-0.15, -0.1) is 0 Å². The lowest BCUT2D eigenvalue weighted by Gasteiger charge is -2.24. The highest BCUT2D eigenvalue weighted by molar-refractivity contribution is 6.31.